The smallest absolute Gasteiger partial charge is 0.352 e. The van der Waals surface area contributed by atoms with Crippen LogP contribution in [0.3, 0.4) is 0 Å². The fourth-order valence-electron chi connectivity index (χ4n) is 4.20. The lowest BCUT2D eigenvalue weighted by Gasteiger charge is -2.23. The molecule has 0 fully saturated rings. The summed E-state index contributed by atoms with van der Waals surface area (Å²) in [5, 5.41) is 21.9. The van der Waals surface area contributed by atoms with Gasteiger partial charge in [-0.2, -0.15) is 4.80 Å². The van der Waals surface area contributed by atoms with Crippen molar-refractivity contribution in [2.75, 3.05) is 7.11 Å². The first kappa shape index (κ1) is 19.9. The Hall–Kier alpha value is -4.08. The van der Waals surface area contributed by atoms with Crippen molar-refractivity contribution < 1.29 is 23.4 Å². The summed E-state index contributed by atoms with van der Waals surface area (Å²) in [6, 6.07) is 8.27. The molecule has 1 N–H and O–H groups in total. The molecule has 1 aliphatic heterocycles. The lowest BCUT2D eigenvalue weighted by Crippen LogP contribution is -2.16. The van der Waals surface area contributed by atoms with Gasteiger partial charge in [0.2, 0.25) is 5.82 Å². The Bertz CT molecular complexity index is 1370. The number of benzene rings is 2. The Balaban J connectivity index is 1.81. The molecule has 10 heteroatoms. The normalized spacial score (nSPS) is 12.4. The van der Waals surface area contributed by atoms with E-state index in [2.05, 4.69) is 15.4 Å². The molecule has 2 aromatic carbocycles. The van der Waals surface area contributed by atoms with Crippen LogP contribution in [0.2, 0.25) is 0 Å². The van der Waals surface area contributed by atoms with Crippen LogP contribution >= 0.6 is 0 Å². The van der Waals surface area contributed by atoms with Crippen LogP contribution in [-0.2, 0) is 20.0 Å². The van der Waals surface area contributed by atoms with Crippen LogP contribution in [0, 0.1) is 11.6 Å². The molecule has 1 aliphatic rings. The van der Waals surface area contributed by atoms with Crippen molar-refractivity contribution in [3.05, 3.63) is 59.3 Å². The van der Waals surface area contributed by atoms with Gasteiger partial charge < -0.3 is 14.4 Å². The molecule has 0 atom stereocenters. The molecule has 8 nitrogen and oxygen atoms in total. The third kappa shape index (κ3) is 3.11. The average molecular weight is 437 g/mol. The van der Waals surface area contributed by atoms with E-state index in [1.165, 1.54) is 30.1 Å². The van der Waals surface area contributed by atoms with Gasteiger partial charge in [0, 0.05) is 23.7 Å². The Labute approximate surface area is 180 Å². The number of hydrogen-bond donors (Lipinski definition) is 1. The lowest BCUT2D eigenvalue weighted by molar-refractivity contribution is 0.0685. The van der Waals surface area contributed by atoms with E-state index in [0.717, 1.165) is 11.6 Å². The number of ether oxygens (including phenoxy) is 1. The van der Waals surface area contributed by atoms with E-state index in [1.54, 1.807) is 17.7 Å². The number of tetrazole rings is 1. The van der Waals surface area contributed by atoms with E-state index < -0.39 is 17.6 Å². The van der Waals surface area contributed by atoms with Crippen LogP contribution in [0.5, 0.6) is 5.75 Å². The molecule has 0 saturated carbocycles. The van der Waals surface area contributed by atoms with E-state index in [0.29, 0.717) is 46.9 Å². The third-order valence-electron chi connectivity index (χ3n) is 5.52. The number of aromatic nitrogens is 5. The van der Waals surface area contributed by atoms with E-state index in [4.69, 9.17) is 4.74 Å². The zero-order valence-corrected chi connectivity index (χ0v) is 17.1. The Morgan fingerprint density at radius 1 is 1.06 bits per heavy atom. The highest BCUT2D eigenvalue weighted by atomic mass is 19.1. The molecule has 4 aromatic rings. The number of fused-ring (bicyclic) bond motifs is 3. The maximum Gasteiger partial charge on any atom is 0.352 e. The number of carbonyl (C=O) groups is 1. The van der Waals surface area contributed by atoms with Gasteiger partial charge in [-0.25, -0.2) is 13.6 Å². The van der Waals surface area contributed by atoms with Crippen LogP contribution in [0.25, 0.3) is 33.8 Å². The number of nitrogens with zero attached hydrogens (tertiary/aromatic N) is 5. The minimum absolute atomic E-state index is 0.0420. The van der Waals surface area contributed by atoms with Gasteiger partial charge in [0.05, 0.1) is 25.4 Å². The van der Waals surface area contributed by atoms with E-state index in [-0.39, 0.29) is 11.3 Å². The summed E-state index contributed by atoms with van der Waals surface area (Å²) >= 11 is 0. The quantitative estimate of drug-likeness (QED) is 0.525. The Kier molecular flexibility index (Phi) is 4.50. The van der Waals surface area contributed by atoms with Crippen LogP contribution in [-0.4, -0.2) is 43.0 Å². The average Bonchev–Trinajstić information content (AvgIpc) is 3.36. The highest BCUT2D eigenvalue weighted by molar-refractivity contribution is 5.95. The van der Waals surface area contributed by atoms with Gasteiger partial charge in [-0.05, 0) is 53.1 Å². The molecule has 3 heterocycles. The van der Waals surface area contributed by atoms with E-state index in [9.17, 15) is 18.7 Å². The maximum absolute atomic E-state index is 14.0. The van der Waals surface area contributed by atoms with Crippen molar-refractivity contribution in [3.63, 3.8) is 0 Å². The van der Waals surface area contributed by atoms with Gasteiger partial charge >= 0.3 is 5.97 Å². The number of methoxy groups -OCH3 is 1. The molecule has 2 aromatic heterocycles. The lowest BCUT2D eigenvalue weighted by atomic mass is 9.91. The fourth-order valence-corrected chi connectivity index (χ4v) is 4.20. The molecular formula is C22H17F2N5O3. The molecule has 0 unspecified atom stereocenters. The number of aryl methyl sites for hydroxylation is 2. The van der Waals surface area contributed by atoms with Crippen LogP contribution in [0.15, 0.2) is 36.4 Å². The standard InChI is InChI=1S/C22H17F2N5O3/c1-28-26-21(25-27-28)17-9-15-11(7-19(17)32-2)3-4-29-18(22(30)31)10-16(20(15)29)12-5-13(23)8-14(24)6-12/h5-10H,3-4H2,1-2H3,(H,30,31). The SMILES string of the molecule is COc1cc2c(cc1-c1nnn(C)n1)-c1c(-c3cc(F)cc(F)c3)cc(C(=O)O)n1CC2. The second-order valence-corrected chi connectivity index (χ2v) is 7.47. The van der Waals surface area contributed by atoms with Gasteiger partial charge in [-0.1, -0.05) is 0 Å². The first-order chi connectivity index (χ1) is 15.4. The minimum Gasteiger partial charge on any atom is -0.496 e. The minimum atomic E-state index is -1.12. The summed E-state index contributed by atoms with van der Waals surface area (Å²) in [4.78, 5) is 13.3. The summed E-state index contributed by atoms with van der Waals surface area (Å²) in [7, 11) is 3.18. The second kappa shape index (κ2) is 7.26. The van der Waals surface area contributed by atoms with Crippen molar-refractivity contribution in [1.29, 1.82) is 0 Å². The molecular weight excluding hydrogens is 420 g/mol. The number of hydrogen-bond acceptors (Lipinski definition) is 5. The number of carboxylic acids is 1. The van der Waals surface area contributed by atoms with Gasteiger partial charge in [0.1, 0.15) is 23.1 Å². The van der Waals surface area contributed by atoms with Gasteiger partial charge in [0.25, 0.3) is 0 Å². The van der Waals surface area contributed by atoms with E-state index >= 15 is 0 Å². The van der Waals surface area contributed by atoms with Crippen LogP contribution in [0.4, 0.5) is 8.78 Å². The number of halogens is 2. The largest absolute Gasteiger partial charge is 0.496 e. The summed E-state index contributed by atoms with van der Waals surface area (Å²) in [5.41, 5.74) is 3.47. The third-order valence-corrected chi connectivity index (χ3v) is 5.52. The molecule has 0 radical (unpaired) electrons. The number of rotatable bonds is 4. The van der Waals surface area contributed by atoms with Crippen molar-refractivity contribution in [3.8, 4) is 39.5 Å². The Morgan fingerprint density at radius 2 is 1.81 bits per heavy atom. The first-order valence-electron chi connectivity index (χ1n) is 9.74. The summed E-state index contributed by atoms with van der Waals surface area (Å²) in [5.74, 6) is -1.72. The molecule has 162 valence electrons. The molecule has 5 rings (SSSR count). The van der Waals surface area contributed by atoms with Gasteiger partial charge in [-0.3, -0.25) is 0 Å². The number of aromatic carboxylic acids is 1. The highest BCUT2D eigenvalue weighted by Crippen LogP contribution is 2.44. The molecule has 0 aliphatic carbocycles. The van der Waals surface area contributed by atoms with Crippen LogP contribution in [0.1, 0.15) is 16.1 Å². The fraction of sp³-hybridized carbons (Fsp3) is 0.182. The van der Waals surface area contributed by atoms with Crippen molar-refractivity contribution in [1.82, 2.24) is 24.8 Å². The molecule has 0 bridgehead atoms. The van der Waals surface area contributed by atoms with Crippen LogP contribution < -0.4 is 4.74 Å². The molecule has 32 heavy (non-hydrogen) atoms. The van der Waals surface area contributed by atoms with Gasteiger partial charge in [0.15, 0.2) is 0 Å². The monoisotopic (exact) mass is 437 g/mol. The predicted molar refractivity (Wildman–Crippen MR) is 110 cm³/mol. The summed E-state index contributed by atoms with van der Waals surface area (Å²) < 4.78 is 35.2. The molecule has 0 amide bonds. The second-order valence-electron chi connectivity index (χ2n) is 7.47. The molecule has 0 saturated heterocycles. The van der Waals surface area contributed by atoms with Crippen molar-refractivity contribution >= 4 is 5.97 Å². The summed E-state index contributed by atoms with van der Waals surface area (Å²) in [6.45, 7) is 0.396. The zero-order chi connectivity index (χ0) is 22.6. The highest BCUT2D eigenvalue weighted by Gasteiger charge is 2.28. The summed E-state index contributed by atoms with van der Waals surface area (Å²) in [6.07, 6.45) is 0.554. The topological polar surface area (TPSA) is 95.1 Å². The molecule has 0 spiro atoms. The van der Waals surface area contributed by atoms with Crippen molar-refractivity contribution in [2.24, 2.45) is 7.05 Å². The first-order valence-corrected chi connectivity index (χ1v) is 9.74. The maximum atomic E-state index is 14.0. The number of carboxylic acid groups (broad SMARTS) is 1. The van der Waals surface area contributed by atoms with E-state index in [1.807, 2.05) is 6.07 Å². The zero-order valence-electron chi connectivity index (χ0n) is 17.1. The predicted octanol–water partition coefficient (Wildman–Crippen LogP) is 3.55. The van der Waals surface area contributed by atoms with Crippen molar-refractivity contribution in [2.45, 2.75) is 13.0 Å². The Morgan fingerprint density at radius 3 is 2.44 bits per heavy atom. The van der Waals surface area contributed by atoms with Gasteiger partial charge in [-0.15, -0.1) is 10.2 Å².